The van der Waals surface area contributed by atoms with Gasteiger partial charge in [0, 0.05) is 5.56 Å². The Bertz CT molecular complexity index is 654. The zero-order valence-electron chi connectivity index (χ0n) is 12.1. The Labute approximate surface area is 129 Å². The van der Waals surface area contributed by atoms with Gasteiger partial charge in [0.1, 0.15) is 19.0 Å². The van der Waals surface area contributed by atoms with Crippen molar-refractivity contribution < 1.29 is 14.2 Å². The van der Waals surface area contributed by atoms with E-state index in [0.29, 0.717) is 13.2 Å². The van der Waals surface area contributed by atoms with Crippen LogP contribution in [0.25, 0.3) is 0 Å². The van der Waals surface area contributed by atoms with Crippen LogP contribution in [-0.2, 0) is 0 Å². The Morgan fingerprint density at radius 3 is 2.57 bits per heavy atom. The lowest BCUT2D eigenvalue weighted by molar-refractivity contribution is 0.171. The fraction of sp³-hybridized carbons (Fsp3) is 0.294. The summed E-state index contributed by atoms with van der Waals surface area (Å²) in [7, 11) is 1.65. The van der Waals surface area contributed by atoms with Crippen molar-refractivity contribution in [1.82, 2.24) is 0 Å². The van der Waals surface area contributed by atoms with E-state index in [1.165, 1.54) is 0 Å². The average Bonchev–Trinajstić information content (AvgIpc) is 2.53. The van der Waals surface area contributed by atoms with Crippen molar-refractivity contribution in [2.75, 3.05) is 20.3 Å². The number of ether oxygens (including phenoxy) is 3. The van der Waals surface area contributed by atoms with Crippen molar-refractivity contribution in [1.29, 1.82) is 0 Å². The number of hydrogen-bond donors (Lipinski definition) is 0. The molecule has 1 aliphatic rings. The van der Waals surface area contributed by atoms with Crippen LogP contribution < -0.4 is 14.2 Å². The van der Waals surface area contributed by atoms with Gasteiger partial charge in [-0.05, 0) is 30.7 Å². The van der Waals surface area contributed by atoms with E-state index in [4.69, 9.17) is 25.8 Å². The van der Waals surface area contributed by atoms with E-state index in [1.807, 2.05) is 43.3 Å². The second kappa shape index (κ2) is 5.86. The third kappa shape index (κ3) is 2.79. The van der Waals surface area contributed by atoms with Gasteiger partial charge in [-0.1, -0.05) is 23.8 Å². The highest BCUT2D eigenvalue weighted by Crippen LogP contribution is 2.39. The first-order valence-corrected chi connectivity index (χ1v) is 7.31. The SMILES string of the molecule is COc1ccc(C)cc1C(Cl)c1ccc2c(c1)OCCO2. The zero-order chi connectivity index (χ0) is 14.8. The first kappa shape index (κ1) is 14.1. The van der Waals surface area contributed by atoms with Crippen LogP contribution in [-0.4, -0.2) is 20.3 Å². The fourth-order valence-electron chi connectivity index (χ4n) is 2.45. The Balaban J connectivity index is 1.98. The zero-order valence-corrected chi connectivity index (χ0v) is 12.8. The molecular weight excluding hydrogens is 288 g/mol. The maximum Gasteiger partial charge on any atom is 0.161 e. The summed E-state index contributed by atoms with van der Waals surface area (Å²) in [6.45, 7) is 3.19. The minimum atomic E-state index is -0.296. The second-order valence-corrected chi connectivity index (χ2v) is 5.45. The van der Waals surface area contributed by atoms with Gasteiger partial charge in [-0.3, -0.25) is 0 Å². The Hall–Kier alpha value is -1.87. The highest BCUT2D eigenvalue weighted by molar-refractivity contribution is 6.22. The van der Waals surface area contributed by atoms with Crippen LogP contribution in [0.4, 0.5) is 0 Å². The summed E-state index contributed by atoms with van der Waals surface area (Å²) >= 11 is 6.65. The number of aryl methyl sites for hydroxylation is 1. The number of halogens is 1. The smallest absolute Gasteiger partial charge is 0.161 e. The van der Waals surface area contributed by atoms with Gasteiger partial charge in [0.25, 0.3) is 0 Å². The van der Waals surface area contributed by atoms with Gasteiger partial charge in [-0.25, -0.2) is 0 Å². The highest BCUT2D eigenvalue weighted by atomic mass is 35.5. The van der Waals surface area contributed by atoms with Crippen LogP contribution in [0.5, 0.6) is 17.2 Å². The minimum absolute atomic E-state index is 0.296. The number of hydrogen-bond acceptors (Lipinski definition) is 3. The van der Waals surface area contributed by atoms with Gasteiger partial charge in [0.2, 0.25) is 0 Å². The Morgan fingerprint density at radius 2 is 1.81 bits per heavy atom. The Morgan fingerprint density at radius 1 is 1.05 bits per heavy atom. The van der Waals surface area contributed by atoms with Crippen LogP contribution in [0.15, 0.2) is 36.4 Å². The van der Waals surface area contributed by atoms with Crippen LogP contribution in [0, 0.1) is 6.92 Å². The minimum Gasteiger partial charge on any atom is -0.496 e. The second-order valence-electron chi connectivity index (χ2n) is 5.01. The number of fused-ring (bicyclic) bond motifs is 1. The molecule has 0 radical (unpaired) electrons. The molecule has 0 aliphatic carbocycles. The molecule has 2 aromatic carbocycles. The molecule has 0 aromatic heterocycles. The van der Waals surface area contributed by atoms with Crippen molar-refractivity contribution in [3.63, 3.8) is 0 Å². The average molecular weight is 305 g/mol. The van der Waals surface area contributed by atoms with Crippen LogP contribution in [0.1, 0.15) is 22.1 Å². The van der Waals surface area contributed by atoms with Gasteiger partial charge in [0.05, 0.1) is 12.5 Å². The molecule has 1 atom stereocenters. The molecule has 0 bridgehead atoms. The lowest BCUT2D eigenvalue weighted by Gasteiger charge is -2.21. The highest BCUT2D eigenvalue weighted by Gasteiger charge is 2.19. The first-order chi connectivity index (χ1) is 10.2. The molecule has 0 saturated carbocycles. The summed E-state index contributed by atoms with van der Waals surface area (Å²) in [6, 6.07) is 11.8. The summed E-state index contributed by atoms with van der Waals surface area (Å²) in [6.07, 6.45) is 0. The molecule has 0 fully saturated rings. The summed E-state index contributed by atoms with van der Waals surface area (Å²) in [5.41, 5.74) is 3.06. The van der Waals surface area contributed by atoms with E-state index < -0.39 is 0 Å². The maximum atomic E-state index is 6.65. The normalized spacial score (nSPS) is 14.6. The number of rotatable bonds is 3. The van der Waals surface area contributed by atoms with Crippen LogP contribution in [0.2, 0.25) is 0 Å². The third-order valence-corrected chi connectivity index (χ3v) is 4.00. The van der Waals surface area contributed by atoms with Crippen molar-refractivity contribution in [3.8, 4) is 17.2 Å². The van der Waals surface area contributed by atoms with E-state index in [2.05, 4.69) is 0 Å². The van der Waals surface area contributed by atoms with E-state index in [-0.39, 0.29) is 5.38 Å². The van der Waals surface area contributed by atoms with E-state index in [1.54, 1.807) is 7.11 Å². The summed E-state index contributed by atoms with van der Waals surface area (Å²) in [4.78, 5) is 0. The molecule has 1 unspecified atom stereocenters. The molecule has 3 rings (SSSR count). The lowest BCUT2D eigenvalue weighted by atomic mass is 10.0. The molecule has 0 N–H and O–H groups in total. The fourth-order valence-corrected chi connectivity index (χ4v) is 2.76. The monoisotopic (exact) mass is 304 g/mol. The molecule has 4 heteroatoms. The summed E-state index contributed by atoms with van der Waals surface area (Å²) in [5.74, 6) is 2.30. The maximum absolute atomic E-state index is 6.65. The lowest BCUT2D eigenvalue weighted by Crippen LogP contribution is -2.15. The van der Waals surface area contributed by atoms with Gasteiger partial charge in [0.15, 0.2) is 11.5 Å². The quantitative estimate of drug-likeness (QED) is 0.799. The Kier molecular flexibility index (Phi) is 3.93. The molecule has 0 saturated heterocycles. The number of alkyl halides is 1. The van der Waals surface area contributed by atoms with Crippen LogP contribution >= 0.6 is 11.6 Å². The molecule has 110 valence electrons. The van der Waals surface area contributed by atoms with E-state index >= 15 is 0 Å². The molecule has 0 amide bonds. The first-order valence-electron chi connectivity index (χ1n) is 6.87. The topological polar surface area (TPSA) is 27.7 Å². The van der Waals surface area contributed by atoms with Gasteiger partial charge in [-0.15, -0.1) is 11.6 Å². The third-order valence-electron chi connectivity index (χ3n) is 3.52. The summed E-state index contributed by atoms with van der Waals surface area (Å²) in [5, 5.41) is -0.296. The van der Waals surface area contributed by atoms with Crippen LogP contribution in [0.3, 0.4) is 0 Å². The van der Waals surface area contributed by atoms with Crippen molar-refractivity contribution in [3.05, 3.63) is 53.1 Å². The molecular formula is C17H17ClO3. The van der Waals surface area contributed by atoms with Gasteiger partial charge < -0.3 is 14.2 Å². The molecule has 3 nitrogen and oxygen atoms in total. The van der Waals surface area contributed by atoms with Crippen molar-refractivity contribution in [2.24, 2.45) is 0 Å². The summed E-state index contributed by atoms with van der Waals surface area (Å²) < 4.78 is 16.6. The predicted octanol–water partition coefficient (Wildman–Crippen LogP) is 4.10. The van der Waals surface area contributed by atoms with E-state index in [0.717, 1.165) is 33.9 Å². The van der Waals surface area contributed by atoms with E-state index in [9.17, 15) is 0 Å². The standard InChI is InChI=1S/C17H17ClO3/c1-11-3-5-14(19-2)13(9-11)17(18)12-4-6-15-16(10-12)21-8-7-20-15/h3-6,9-10,17H,7-8H2,1-2H3. The number of benzene rings is 2. The van der Waals surface area contributed by atoms with Gasteiger partial charge >= 0.3 is 0 Å². The van der Waals surface area contributed by atoms with Gasteiger partial charge in [-0.2, -0.15) is 0 Å². The molecule has 1 heterocycles. The predicted molar refractivity (Wildman–Crippen MR) is 82.9 cm³/mol. The van der Waals surface area contributed by atoms with Crippen molar-refractivity contribution >= 4 is 11.6 Å². The largest absolute Gasteiger partial charge is 0.496 e. The van der Waals surface area contributed by atoms with Crippen molar-refractivity contribution in [2.45, 2.75) is 12.3 Å². The molecule has 21 heavy (non-hydrogen) atoms. The molecule has 2 aromatic rings. The number of methoxy groups -OCH3 is 1. The molecule has 0 spiro atoms. The molecule has 1 aliphatic heterocycles.